The molecule has 0 spiro atoms. The highest BCUT2D eigenvalue weighted by atomic mass is 32.2. The van der Waals surface area contributed by atoms with Crippen molar-refractivity contribution in [2.45, 2.75) is 30.8 Å². The summed E-state index contributed by atoms with van der Waals surface area (Å²) in [5.41, 5.74) is 1.15. The Balaban J connectivity index is 1.38. The van der Waals surface area contributed by atoms with Gasteiger partial charge in [0.2, 0.25) is 15.9 Å². The van der Waals surface area contributed by atoms with Crippen molar-refractivity contribution in [1.29, 1.82) is 0 Å². The molecule has 3 aromatic rings. The molecule has 0 saturated carbocycles. The van der Waals surface area contributed by atoms with Crippen molar-refractivity contribution in [3.05, 3.63) is 72.2 Å². The van der Waals surface area contributed by atoms with E-state index >= 15 is 0 Å². The van der Waals surface area contributed by atoms with Gasteiger partial charge < -0.3 is 9.15 Å². The van der Waals surface area contributed by atoms with Crippen LogP contribution in [-0.4, -0.2) is 36.8 Å². The van der Waals surface area contributed by atoms with E-state index in [-0.39, 0.29) is 23.0 Å². The Morgan fingerprint density at radius 1 is 1.00 bits per heavy atom. The van der Waals surface area contributed by atoms with Crippen molar-refractivity contribution in [3.63, 3.8) is 0 Å². The van der Waals surface area contributed by atoms with Gasteiger partial charge in [-0.15, -0.1) is 0 Å². The van der Waals surface area contributed by atoms with Crippen LogP contribution in [0.25, 0.3) is 11.3 Å². The predicted molar refractivity (Wildman–Crippen MR) is 110 cm³/mol. The van der Waals surface area contributed by atoms with E-state index in [1.165, 1.54) is 28.6 Å². The standard InChI is InChI=1S/C22H22N2O5S/c25-22(28-16-21-23-15-20(29-21)17-7-3-1-4-8-17)18-9-11-19(12-10-18)30(26,27)24-13-5-2-6-14-24/h1,3-4,7-12,15H,2,5-6,13-14,16H2. The molecule has 0 unspecified atom stereocenters. The molecule has 4 rings (SSSR count). The van der Waals surface area contributed by atoms with Gasteiger partial charge in [0.05, 0.1) is 16.7 Å². The Morgan fingerprint density at radius 2 is 1.70 bits per heavy atom. The number of carbonyl (C=O) groups excluding carboxylic acids is 1. The van der Waals surface area contributed by atoms with Crippen molar-refractivity contribution in [2.75, 3.05) is 13.1 Å². The maximum absolute atomic E-state index is 12.7. The van der Waals surface area contributed by atoms with Crippen LogP contribution < -0.4 is 0 Å². The first-order chi connectivity index (χ1) is 14.5. The van der Waals surface area contributed by atoms with Crippen molar-refractivity contribution < 1.29 is 22.4 Å². The second-order valence-electron chi connectivity index (χ2n) is 7.05. The summed E-state index contributed by atoms with van der Waals surface area (Å²) in [6.07, 6.45) is 4.37. The Morgan fingerprint density at radius 3 is 2.40 bits per heavy atom. The van der Waals surface area contributed by atoms with Crippen LogP contribution in [-0.2, 0) is 21.4 Å². The van der Waals surface area contributed by atoms with E-state index in [9.17, 15) is 13.2 Å². The molecular weight excluding hydrogens is 404 g/mol. The third kappa shape index (κ3) is 4.44. The summed E-state index contributed by atoms with van der Waals surface area (Å²) in [5.74, 6) is 0.303. The maximum atomic E-state index is 12.7. The first kappa shape index (κ1) is 20.3. The van der Waals surface area contributed by atoms with Gasteiger partial charge in [0.1, 0.15) is 0 Å². The van der Waals surface area contributed by atoms with Gasteiger partial charge >= 0.3 is 5.97 Å². The summed E-state index contributed by atoms with van der Waals surface area (Å²) in [6.45, 7) is 0.958. The lowest BCUT2D eigenvalue weighted by Gasteiger charge is -2.25. The average molecular weight is 426 g/mol. The normalized spacial score (nSPS) is 15.1. The maximum Gasteiger partial charge on any atom is 0.338 e. The minimum atomic E-state index is -3.53. The number of ether oxygens (including phenoxy) is 1. The molecule has 7 nitrogen and oxygen atoms in total. The van der Waals surface area contributed by atoms with Crippen LogP contribution in [0.5, 0.6) is 0 Å². The van der Waals surface area contributed by atoms with Crippen LogP contribution in [0.3, 0.4) is 0 Å². The van der Waals surface area contributed by atoms with Crippen molar-refractivity contribution in [3.8, 4) is 11.3 Å². The molecule has 0 bridgehead atoms. The molecule has 0 N–H and O–H groups in total. The lowest BCUT2D eigenvalue weighted by Crippen LogP contribution is -2.35. The number of esters is 1. The molecule has 1 fully saturated rings. The van der Waals surface area contributed by atoms with Gasteiger partial charge in [-0.25, -0.2) is 18.2 Å². The quantitative estimate of drug-likeness (QED) is 0.556. The zero-order valence-electron chi connectivity index (χ0n) is 16.4. The molecule has 0 aliphatic carbocycles. The fourth-order valence-electron chi connectivity index (χ4n) is 3.34. The lowest BCUT2D eigenvalue weighted by molar-refractivity contribution is 0.0439. The minimum absolute atomic E-state index is 0.112. The van der Waals surface area contributed by atoms with E-state index in [4.69, 9.17) is 9.15 Å². The molecule has 0 amide bonds. The van der Waals surface area contributed by atoms with E-state index < -0.39 is 16.0 Å². The summed E-state index contributed by atoms with van der Waals surface area (Å²) >= 11 is 0. The second-order valence-corrected chi connectivity index (χ2v) is 8.99. The van der Waals surface area contributed by atoms with Gasteiger partial charge in [-0.3, -0.25) is 0 Å². The predicted octanol–water partition coefficient (Wildman–Crippen LogP) is 3.87. The number of piperidine rings is 1. The molecule has 1 aromatic heterocycles. The number of nitrogens with zero attached hydrogens (tertiary/aromatic N) is 2. The van der Waals surface area contributed by atoms with Crippen LogP contribution in [0.1, 0.15) is 35.5 Å². The molecule has 2 aromatic carbocycles. The number of carbonyl (C=O) groups is 1. The van der Waals surface area contributed by atoms with E-state index in [0.717, 1.165) is 24.8 Å². The Bertz CT molecular complexity index is 1100. The Labute approximate surface area is 175 Å². The SMILES string of the molecule is O=C(OCc1ncc(-c2ccccc2)o1)c1ccc(S(=O)(=O)N2CCCCC2)cc1. The number of hydrogen-bond donors (Lipinski definition) is 0. The van der Waals surface area contributed by atoms with Gasteiger partial charge in [0, 0.05) is 18.7 Å². The van der Waals surface area contributed by atoms with Gasteiger partial charge in [-0.2, -0.15) is 4.31 Å². The second kappa shape index (κ2) is 8.81. The number of aromatic nitrogens is 1. The summed E-state index contributed by atoms with van der Waals surface area (Å²) in [7, 11) is -3.53. The summed E-state index contributed by atoms with van der Waals surface area (Å²) in [6, 6.07) is 15.3. The van der Waals surface area contributed by atoms with Gasteiger partial charge in [-0.05, 0) is 37.1 Å². The number of oxazole rings is 1. The monoisotopic (exact) mass is 426 g/mol. The van der Waals surface area contributed by atoms with Crippen molar-refractivity contribution in [2.24, 2.45) is 0 Å². The van der Waals surface area contributed by atoms with Gasteiger partial charge in [0.25, 0.3) is 0 Å². The van der Waals surface area contributed by atoms with Crippen LogP contribution in [0.2, 0.25) is 0 Å². The van der Waals surface area contributed by atoms with Gasteiger partial charge in [0.15, 0.2) is 12.4 Å². The van der Waals surface area contributed by atoms with Crippen LogP contribution in [0.15, 0.2) is 70.1 Å². The molecule has 156 valence electrons. The number of rotatable bonds is 6. The Hall–Kier alpha value is -2.97. The molecule has 30 heavy (non-hydrogen) atoms. The Kier molecular flexibility index (Phi) is 5.96. The molecule has 1 aliphatic rings. The van der Waals surface area contributed by atoms with E-state index in [0.29, 0.717) is 18.8 Å². The van der Waals surface area contributed by atoms with Crippen molar-refractivity contribution >= 4 is 16.0 Å². The molecule has 0 atom stereocenters. The highest BCUT2D eigenvalue weighted by Gasteiger charge is 2.26. The first-order valence-corrected chi connectivity index (χ1v) is 11.3. The fraction of sp³-hybridized carbons (Fsp3) is 0.273. The lowest BCUT2D eigenvalue weighted by atomic mass is 10.2. The summed E-state index contributed by atoms with van der Waals surface area (Å²) < 4.78 is 37.7. The highest BCUT2D eigenvalue weighted by molar-refractivity contribution is 7.89. The largest absolute Gasteiger partial charge is 0.452 e. The van der Waals surface area contributed by atoms with Crippen molar-refractivity contribution in [1.82, 2.24) is 9.29 Å². The smallest absolute Gasteiger partial charge is 0.338 e. The molecule has 2 heterocycles. The van der Waals surface area contributed by atoms with E-state index in [1.807, 2.05) is 30.3 Å². The third-order valence-corrected chi connectivity index (χ3v) is 6.89. The number of hydrogen-bond acceptors (Lipinski definition) is 6. The minimum Gasteiger partial charge on any atom is -0.452 e. The number of benzene rings is 2. The van der Waals surface area contributed by atoms with Crippen LogP contribution >= 0.6 is 0 Å². The van der Waals surface area contributed by atoms with Crippen LogP contribution in [0.4, 0.5) is 0 Å². The molecular formula is C22H22N2O5S. The fourth-order valence-corrected chi connectivity index (χ4v) is 4.86. The zero-order valence-corrected chi connectivity index (χ0v) is 17.2. The van der Waals surface area contributed by atoms with E-state index in [1.54, 1.807) is 6.20 Å². The van der Waals surface area contributed by atoms with E-state index in [2.05, 4.69) is 4.98 Å². The number of sulfonamides is 1. The van der Waals surface area contributed by atoms with Gasteiger partial charge in [-0.1, -0.05) is 36.8 Å². The molecule has 1 saturated heterocycles. The topological polar surface area (TPSA) is 89.7 Å². The first-order valence-electron chi connectivity index (χ1n) is 9.81. The highest BCUT2D eigenvalue weighted by Crippen LogP contribution is 2.22. The summed E-state index contributed by atoms with van der Waals surface area (Å²) in [4.78, 5) is 16.6. The molecule has 0 radical (unpaired) electrons. The zero-order chi connectivity index (χ0) is 21.0. The average Bonchev–Trinajstić information content (AvgIpc) is 3.28. The molecule has 8 heteroatoms. The van der Waals surface area contributed by atoms with Crippen LogP contribution in [0, 0.1) is 0 Å². The summed E-state index contributed by atoms with van der Waals surface area (Å²) in [5, 5.41) is 0. The molecule has 1 aliphatic heterocycles. The third-order valence-electron chi connectivity index (χ3n) is 4.98.